The van der Waals surface area contributed by atoms with Crippen molar-refractivity contribution >= 4 is 5.96 Å². The van der Waals surface area contributed by atoms with Crippen molar-refractivity contribution in [3.63, 3.8) is 0 Å². The average molecular weight is 266 g/mol. The quantitative estimate of drug-likeness (QED) is 0.607. The number of aliphatic imine (C=N–C) groups is 1. The molecule has 0 unspecified atom stereocenters. The summed E-state index contributed by atoms with van der Waals surface area (Å²) in [4.78, 5) is 8.52. The van der Waals surface area contributed by atoms with Crippen LogP contribution in [0.1, 0.15) is 44.1 Å². The zero-order valence-corrected chi connectivity index (χ0v) is 13.0. The van der Waals surface area contributed by atoms with Crippen LogP contribution in [0.5, 0.6) is 0 Å². The maximum atomic E-state index is 5.37. The van der Waals surface area contributed by atoms with Crippen molar-refractivity contribution in [1.82, 2.24) is 15.0 Å². The van der Waals surface area contributed by atoms with Gasteiger partial charge in [0.25, 0.3) is 0 Å². The van der Waals surface area contributed by atoms with E-state index < -0.39 is 0 Å². The topological polar surface area (TPSA) is 44.9 Å². The van der Waals surface area contributed by atoms with Crippen LogP contribution in [0.25, 0.3) is 0 Å². The first kappa shape index (κ1) is 15.5. The SMILES string of the molecule is CCC(CC)c1cc(CN=C(N(C)C)N(C)C)on1. The Morgan fingerprint density at radius 2 is 1.79 bits per heavy atom. The molecule has 5 nitrogen and oxygen atoms in total. The molecule has 0 saturated heterocycles. The highest BCUT2D eigenvalue weighted by Crippen LogP contribution is 2.22. The minimum absolute atomic E-state index is 0.489. The lowest BCUT2D eigenvalue weighted by atomic mass is 9.99. The fourth-order valence-electron chi connectivity index (χ4n) is 2.13. The molecule has 0 bridgehead atoms. The maximum absolute atomic E-state index is 5.37. The van der Waals surface area contributed by atoms with Crippen molar-refractivity contribution in [2.45, 2.75) is 39.2 Å². The highest BCUT2D eigenvalue weighted by atomic mass is 16.5. The summed E-state index contributed by atoms with van der Waals surface area (Å²) in [6, 6.07) is 2.03. The highest BCUT2D eigenvalue weighted by molar-refractivity contribution is 5.79. The zero-order valence-electron chi connectivity index (χ0n) is 13.0. The molecule has 0 N–H and O–H groups in total. The maximum Gasteiger partial charge on any atom is 0.195 e. The Balaban J connectivity index is 2.75. The summed E-state index contributed by atoms with van der Waals surface area (Å²) in [5.41, 5.74) is 1.05. The molecule has 5 heteroatoms. The van der Waals surface area contributed by atoms with Gasteiger partial charge in [-0.3, -0.25) is 0 Å². The van der Waals surface area contributed by atoms with E-state index in [0.29, 0.717) is 12.5 Å². The van der Waals surface area contributed by atoms with Crippen molar-refractivity contribution in [3.05, 3.63) is 17.5 Å². The number of guanidine groups is 1. The standard InChI is InChI=1S/C14H26N4O/c1-7-11(8-2)13-9-12(19-16-13)10-15-14(17(3)4)18(5)6/h9,11H,7-8,10H2,1-6H3. The van der Waals surface area contributed by atoms with Gasteiger partial charge in [0, 0.05) is 40.2 Å². The molecule has 1 aromatic heterocycles. The molecule has 108 valence electrons. The Labute approximate surface area is 116 Å². The molecule has 0 aliphatic carbocycles. The number of hydrogen-bond donors (Lipinski definition) is 0. The van der Waals surface area contributed by atoms with Crippen LogP contribution in [0.4, 0.5) is 0 Å². The van der Waals surface area contributed by atoms with Gasteiger partial charge in [0.15, 0.2) is 11.7 Å². The Morgan fingerprint density at radius 1 is 1.21 bits per heavy atom. The van der Waals surface area contributed by atoms with Crippen LogP contribution in [0.15, 0.2) is 15.6 Å². The van der Waals surface area contributed by atoms with Crippen LogP contribution < -0.4 is 0 Å². The minimum Gasteiger partial charge on any atom is -0.359 e. The molecule has 0 aliphatic rings. The number of hydrogen-bond acceptors (Lipinski definition) is 3. The highest BCUT2D eigenvalue weighted by Gasteiger charge is 2.13. The van der Waals surface area contributed by atoms with Gasteiger partial charge in [-0.2, -0.15) is 0 Å². The molecule has 0 saturated carbocycles. The second-order valence-corrected chi connectivity index (χ2v) is 5.14. The van der Waals surface area contributed by atoms with Gasteiger partial charge in [0.05, 0.1) is 5.69 Å². The minimum atomic E-state index is 0.489. The number of aromatic nitrogens is 1. The summed E-state index contributed by atoms with van der Waals surface area (Å²) >= 11 is 0. The van der Waals surface area contributed by atoms with E-state index in [1.54, 1.807) is 0 Å². The predicted octanol–water partition coefficient (Wildman–Crippen LogP) is 2.56. The third-order valence-electron chi connectivity index (χ3n) is 3.16. The van der Waals surface area contributed by atoms with Crippen molar-refractivity contribution in [2.24, 2.45) is 4.99 Å². The van der Waals surface area contributed by atoms with Crippen LogP contribution in [0, 0.1) is 0 Å². The van der Waals surface area contributed by atoms with Gasteiger partial charge in [-0.15, -0.1) is 0 Å². The Morgan fingerprint density at radius 3 is 2.26 bits per heavy atom. The molecule has 1 heterocycles. The van der Waals surface area contributed by atoms with Crippen LogP contribution in [-0.2, 0) is 6.54 Å². The van der Waals surface area contributed by atoms with Gasteiger partial charge in [0.2, 0.25) is 0 Å². The van der Waals surface area contributed by atoms with E-state index in [0.717, 1.165) is 30.3 Å². The Bertz CT molecular complexity index is 395. The fourth-order valence-corrected chi connectivity index (χ4v) is 2.13. The molecule has 1 rings (SSSR count). The fraction of sp³-hybridized carbons (Fsp3) is 0.714. The average Bonchev–Trinajstić information content (AvgIpc) is 2.79. The third kappa shape index (κ3) is 4.26. The molecular formula is C14H26N4O. The van der Waals surface area contributed by atoms with Gasteiger partial charge in [-0.05, 0) is 12.8 Å². The molecule has 0 fully saturated rings. The molecular weight excluding hydrogens is 240 g/mol. The monoisotopic (exact) mass is 266 g/mol. The van der Waals surface area contributed by atoms with E-state index in [4.69, 9.17) is 4.52 Å². The number of nitrogens with zero attached hydrogens (tertiary/aromatic N) is 4. The second kappa shape index (κ2) is 7.16. The van der Waals surface area contributed by atoms with Gasteiger partial charge in [-0.1, -0.05) is 19.0 Å². The van der Waals surface area contributed by atoms with E-state index in [-0.39, 0.29) is 0 Å². The molecule has 0 spiro atoms. The van der Waals surface area contributed by atoms with Gasteiger partial charge in [-0.25, -0.2) is 4.99 Å². The smallest absolute Gasteiger partial charge is 0.195 e. The van der Waals surface area contributed by atoms with E-state index in [1.165, 1.54) is 0 Å². The molecule has 0 atom stereocenters. The van der Waals surface area contributed by atoms with E-state index in [1.807, 2.05) is 44.1 Å². The van der Waals surface area contributed by atoms with Gasteiger partial charge in [0.1, 0.15) is 6.54 Å². The Hall–Kier alpha value is -1.52. The first-order valence-electron chi connectivity index (χ1n) is 6.84. The molecule has 1 aromatic rings. The third-order valence-corrected chi connectivity index (χ3v) is 3.16. The molecule has 0 aliphatic heterocycles. The lowest BCUT2D eigenvalue weighted by Crippen LogP contribution is -2.35. The van der Waals surface area contributed by atoms with E-state index >= 15 is 0 Å². The molecule has 0 amide bonds. The summed E-state index contributed by atoms with van der Waals surface area (Å²) < 4.78 is 5.37. The first-order valence-corrected chi connectivity index (χ1v) is 6.84. The van der Waals surface area contributed by atoms with Gasteiger partial charge >= 0.3 is 0 Å². The summed E-state index contributed by atoms with van der Waals surface area (Å²) in [6.45, 7) is 4.88. The molecule has 0 radical (unpaired) electrons. The number of rotatable bonds is 5. The van der Waals surface area contributed by atoms with Crippen LogP contribution >= 0.6 is 0 Å². The van der Waals surface area contributed by atoms with Crippen molar-refractivity contribution in [2.75, 3.05) is 28.2 Å². The predicted molar refractivity (Wildman–Crippen MR) is 78.3 cm³/mol. The van der Waals surface area contributed by atoms with Crippen LogP contribution in [-0.4, -0.2) is 49.1 Å². The lowest BCUT2D eigenvalue weighted by molar-refractivity contribution is 0.370. The normalized spacial score (nSPS) is 10.7. The summed E-state index contributed by atoms with van der Waals surface area (Å²) in [5.74, 6) is 2.23. The Kier molecular flexibility index (Phi) is 5.86. The molecule has 19 heavy (non-hydrogen) atoms. The van der Waals surface area contributed by atoms with Crippen LogP contribution in [0.2, 0.25) is 0 Å². The summed E-state index contributed by atoms with van der Waals surface area (Å²) in [5, 5.41) is 4.15. The van der Waals surface area contributed by atoms with Crippen molar-refractivity contribution in [1.29, 1.82) is 0 Å². The lowest BCUT2D eigenvalue weighted by Gasteiger charge is -2.22. The molecule has 0 aromatic carbocycles. The summed E-state index contributed by atoms with van der Waals surface area (Å²) in [6.07, 6.45) is 2.18. The van der Waals surface area contributed by atoms with Crippen molar-refractivity contribution in [3.8, 4) is 0 Å². The summed E-state index contributed by atoms with van der Waals surface area (Å²) in [7, 11) is 7.92. The van der Waals surface area contributed by atoms with Crippen molar-refractivity contribution < 1.29 is 4.52 Å². The van der Waals surface area contributed by atoms with Gasteiger partial charge < -0.3 is 14.3 Å². The van der Waals surface area contributed by atoms with E-state index in [2.05, 4.69) is 24.0 Å². The van der Waals surface area contributed by atoms with E-state index in [9.17, 15) is 0 Å². The zero-order chi connectivity index (χ0) is 14.4. The largest absolute Gasteiger partial charge is 0.359 e. The first-order chi connectivity index (χ1) is 8.99. The van der Waals surface area contributed by atoms with Crippen LogP contribution in [0.3, 0.4) is 0 Å². The second-order valence-electron chi connectivity index (χ2n) is 5.14.